The van der Waals surface area contributed by atoms with Gasteiger partial charge < -0.3 is 11.1 Å². The first kappa shape index (κ1) is 10.5. The molecule has 11 heavy (non-hydrogen) atoms. The summed E-state index contributed by atoms with van der Waals surface area (Å²) in [5, 5.41) is 6.75. The maximum Gasteiger partial charge on any atom is 0.0103 e. The molecule has 0 radical (unpaired) electrons. The molecule has 2 nitrogen and oxygen atoms in total. The second-order valence-corrected chi connectivity index (χ2v) is 3.17. The van der Waals surface area contributed by atoms with Crippen LogP contribution in [0.1, 0.15) is 6.42 Å². The molecule has 3 N–H and O–H groups in total. The fourth-order valence-electron chi connectivity index (χ4n) is 0.506. The van der Waals surface area contributed by atoms with Gasteiger partial charge in [-0.15, -0.1) is 11.8 Å². The molecule has 0 saturated heterocycles. The molecule has 0 bridgehead atoms. The van der Waals surface area contributed by atoms with E-state index in [2.05, 4.69) is 6.58 Å². The van der Waals surface area contributed by atoms with Crippen molar-refractivity contribution >= 4 is 18.0 Å². The molecular weight excluding hydrogens is 156 g/mol. The molecule has 0 aliphatic heterocycles. The van der Waals surface area contributed by atoms with Crippen LogP contribution in [0.25, 0.3) is 0 Å². The first-order valence-electron chi connectivity index (χ1n) is 3.48. The Morgan fingerprint density at radius 2 is 2.36 bits per heavy atom. The van der Waals surface area contributed by atoms with Crippen molar-refractivity contribution in [3.8, 4) is 0 Å². The Morgan fingerprint density at radius 3 is 2.91 bits per heavy atom. The Balaban J connectivity index is 3.42. The van der Waals surface area contributed by atoms with Crippen LogP contribution in [0.3, 0.4) is 0 Å². The van der Waals surface area contributed by atoms with Gasteiger partial charge in [0.15, 0.2) is 0 Å². The van der Waals surface area contributed by atoms with Gasteiger partial charge in [0.2, 0.25) is 0 Å². The summed E-state index contributed by atoms with van der Waals surface area (Å²) in [7, 11) is 0. The van der Waals surface area contributed by atoms with Crippen molar-refractivity contribution in [3.05, 3.63) is 23.6 Å². The summed E-state index contributed by atoms with van der Waals surface area (Å²) in [6.07, 6.45) is 5.88. The average molecular weight is 170 g/mol. The van der Waals surface area contributed by atoms with E-state index >= 15 is 0 Å². The largest absolute Gasteiger partial charge is 0.330 e. The van der Waals surface area contributed by atoms with E-state index in [1.807, 2.05) is 12.2 Å². The van der Waals surface area contributed by atoms with Gasteiger partial charge in [-0.3, -0.25) is 0 Å². The third-order valence-corrected chi connectivity index (χ3v) is 1.91. The van der Waals surface area contributed by atoms with E-state index in [1.54, 1.807) is 11.8 Å². The summed E-state index contributed by atoms with van der Waals surface area (Å²) in [6.45, 7) is 4.49. The minimum absolute atomic E-state index is 0.683. The molecule has 0 fully saturated rings. The van der Waals surface area contributed by atoms with Crippen molar-refractivity contribution in [1.82, 2.24) is 0 Å². The van der Waals surface area contributed by atoms with E-state index in [4.69, 9.17) is 11.1 Å². The summed E-state index contributed by atoms with van der Waals surface area (Å²) in [5.41, 5.74) is 5.31. The normalized spacial score (nSPS) is 10.3. The smallest absolute Gasteiger partial charge is 0.0103 e. The molecule has 0 rings (SSSR count). The third kappa shape index (κ3) is 7.36. The van der Waals surface area contributed by atoms with E-state index in [0.29, 0.717) is 13.0 Å². The van der Waals surface area contributed by atoms with Crippen LogP contribution < -0.4 is 5.73 Å². The lowest BCUT2D eigenvalue weighted by atomic mass is 10.4. The second-order valence-electron chi connectivity index (χ2n) is 1.95. The Labute approximate surface area is 72.1 Å². The molecule has 0 aromatic carbocycles. The van der Waals surface area contributed by atoms with Gasteiger partial charge in [0.1, 0.15) is 0 Å². The zero-order chi connectivity index (χ0) is 8.53. The van der Waals surface area contributed by atoms with Crippen molar-refractivity contribution in [2.45, 2.75) is 6.42 Å². The van der Waals surface area contributed by atoms with Crippen molar-refractivity contribution in [1.29, 1.82) is 5.41 Å². The van der Waals surface area contributed by atoms with Gasteiger partial charge in [0.05, 0.1) is 0 Å². The molecule has 0 unspecified atom stereocenters. The molecule has 3 heteroatoms. The lowest BCUT2D eigenvalue weighted by Crippen LogP contribution is -2.00. The van der Waals surface area contributed by atoms with Crippen LogP contribution in [0.4, 0.5) is 0 Å². The molecule has 0 aliphatic rings. The quantitative estimate of drug-likeness (QED) is 0.471. The number of nitrogens with two attached hydrogens (primary N) is 1. The molecule has 62 valence electrons. The Bertz CT molecular complexity index is 152. The zero-order valence-electron chi connectivity index (χ0n) is 6.55. The summed E-state index contributed by atoms with van der Waals surface area (Å²) in [6, 6.07) is 0. The third-order valence-electron chi connectivity index (χ3n) is 0.963. The maximum atomic E-state index is 6.75. The van der Waals surface area contributed by atoms with Crippen molar-refractivity contribution in [2.75, 3.05) is 12.3 Å². The highest BCUT2D eigenvalue weighted by Crippen LogP contribution is 2.13. The fraction of sp³-hybridized carbons (Fsp3) is 0.375. The molecule has 0 aromatic heterocycles. The van der Waals surface area contributed by atoms with Gasteiger partial charge in [0, 0.05) is 18.7 Å². The van der Waals surface area contributed by atoms with Crippen molar-refractivity contribution in [2.24, 2.45) is 5.73 Å². The lowest BCUT2D eigenvalue weighted by Gasteiger charge is -1.95. The minimum Gasteiger partial charge on any atom is -0.330 e. The topological polar surface area (TPSA) is 49.9 Å². The average Bonchev–Trinajstić information content (AvgIpc) is 2.01. The Morgan fingerprint density at radius 1 is 1.64 bits per heavy atom. The molecule has 0 amide bonds. The standard InChI is InChI=1S/C8H14N2S/c1-8(11-7-6-10)4-2-3-5-9/h2,4-5,9H,1,3,6-7,10H2/b4-2-,9-5?. The molecule has 0 aromatic rings. The summed E-state index contributed by atoms with van der Waals surface area (Å²) in [4.78, 5) is 1.01. The first-order chi connectivity index (χ1) is 5.31. The van der Waals surface area contributed by atoms with Gasteiger partial charge >= 0.3 is 0 Å². The van der Waals surface area contributed by atoms with Gasteiger partial charge in [-0.1, -0.05) is 18.7 Å². The Kier molecular flexibility index (Phi) is 7.19. The minimum atomic E-state index is 0.683. The summed E-state index contributed by atoms with van der Waals surface area (Å²) in [5.74, 6) is 0.910. The van der Waals surface area contributed by atoms with E-state index in [0.717, 1.165) is 10.7 Å². The van der Waals surface area contributed by atoms with Crippen molar-refractivity contribution < 1.29 is 0 Å². The van der Waals surface area contributed by atoms with Crippen LogP contribution in [-0.2, 0) is 0 Å². The predicted octanol–water partition coefficient (Wildman–Crippen LogP) is 1.79. The van der Waals surface area contributed by atoms with E-state index in [-0.39, 0.29) is 0 Å². The monoisotopic (exact) mass is 170 g/mol. The molecular formula is C8H14N2S. The number of allylic oxidation sites excluding steroid dienone is 2. The maximum absolute atomic E-state index is 6.75. The predicted molar refractivity (Wildman–Crippen MR) is 53.2 cm³/mol. The van der Waals surface area contributed by atoms with Crippen LogP contribution in [0, 0.1) is 5.41 Å². The molecule has 0 spiro atoms. The lowest BCUT2D eigenvalue weighted by molar-refractivity contribution is 1.15. The summed E-state index contributed by atoms with van der Waals surface area (Å²) >= 11 is 1.65. The van der Waals surface area contributed by atoms with Gasteiger partial charge in [0.25, 0.3) is 0 Å². The van der Waals surface area contributed by atoms with Crippen LogP contribution in [0.5, 0.6) is 0 Å². The number of hydrogen-bond donors (Lipinski definition) is 2. The van der Waals surface area contributed by atoms with E-state index < -0.39 is 0 Å². The number of rotatable bonds is 6. The fourth-order valence-corrected chi connectivity index (χ4v) is 1.08. The van der Waals surface area contributed by atoms with E-state index in [1.165, 1.54) is 6.21 Å². The van der Waals surface area contributed by atoms with Gasteiger partial charge in [-0.2, -0.15) is 0 Å². The highest BCUT2D eigenvalue weighted by molar-refractivity contribution is 8.03. The van der Waals surface area contributed by atoms with Crippen LogP contribution in [0.2, 0.25) is 0 Å². The van der Waals surface area contributed by atoms with Crippen LogP contribution in [-0.4, -0.2) is 18.5 Å². The molecule has 0 saturated carbocycles. The molecule has 0 atom stereocenters. The summed E-state index contributed by atoms with van der Waals surface area (Å²) < 4.78 is 0. The number of nitrogens with one attached hydrogen (secondary N) is 1. The SMILES string of the molecule is C=C(/C=C\CC=N)SCCN. The van der Waals surface area contributed by atoms with Crippen LogP contribution in [0.15, 0.2) is 23.6 Å². The van der Waals surface area contributed by atoms with E-state index in [9.17, 15) is 0 Å². The van der Waals surface area contributed by atoms with Crippen molar-refractivity contribution in [3.63, 3.8) is 0 Å². The van der Waals surface area contributed by atoms with Gasteiger partial charge in [-0.25, -0.2) is 0 Å². The highest BCUT2D eigenvalue weighted by Gasteiger charge is 1.86. The van der Waals surface area contributed by atoms with Crippen LogP contribution >= 0.6 is 11.8 Å². The van der Waals surface area contributed by atoms with Gasteiger partial charge in [-0.05, 0) is 11.1 Å². The molecule has 0 aliphatic carbocycles. The second kappa shape index (κ2) is 7.57. The number of hydrogen-bond acceptors (Lipinski definition) is 3. The molecule has 0 heterocycles. The Hall–Kier alpha value is -0.540. The zero-order valence-corrected chi connectivity index (χ0v) is 7.36. The highest BCUT2D eigenvalue weighted by atomic mass is 32.2. The number of thioether (sulfide) groups is 1. The first-order valence-corrected chi connectivity index (χ1v) is 4.47.